The van der Waals surface area contributed by atoms with Gasteiger partial charge in [0.1, 0.15) is 11.5 Å². The molecule has 0 radical (unpaired) electrons. The van der Waals surface area contributed by atoms with Crippen LogP contribution in [0.4, 0.5) is 0 Å². The van der Waals surface area contributed by atoms with Crippen LogP contribution in [0.2, 0.25) is 0 Å². The molecule has 2 N–H and O–H groups in total. The molecule has 0 saturated carbocycles. The monoisotopic (exact) mass is 303 g/mol. The van der Waals surface area contributed by atoms with Crippen molar-refractivity contribution in [3.63, 3.8) is 0 Å². The van der Waals surface area contributed by atoms with Gasteiger partial charge in [0.25, 0.3) is 5.91 Å². The van der Waals surface area contributed by atoms with Gasteiger partial charge in [-0.15, -0.1) is 0 Å². The van der Waals surface area contributed by atoms with Crippen LogP contribution in [0.1, 0.15) is 22.7 Å². The zero-order valence-electron chi connectivity index (χ0n) is 12.5. The second kappa shape index (κ2) is 7.29. The van der Waals surface area contributed by atoms with Crippen molar-refractivity contribution in [2.24, 2.45) is 0 Å². The van der Waals surface area contributed by atoms with Crippen molar-refractivity contribution in [2.45, 2.75) is 19.1 Å². The smallest absolute Gasteiger partial charge is 0.267 e. The van der Waals surface area contributed by atoms with Crippen molar-refractivity contribution < 1.29 is 13.9 Å². The minimum absolute atomic E-state index is 0.0757. The summed E-state index contributed by atoms with van der Waals surface area (Å²) in [6.45, 7) is 3.90. The number of aromatic amines is 1. The van der Waals surface area contributed by atoms with Gasteiger partial charge in [-0.3, -0.25) is 9.69 Å². The van der Waals surface area contributed by atoms with Gasteiger partial charge < -0.3 is 19.5 Å². The molecule has 0 spiro atoms. The molecular formula is C16H21N3O3. The van der Waals surface area contributed by atoms with E-state index >= 15 is 0 Å². The molecule has 2 aromatic heterocycles. The molecule has 1 atom stereocenters. The third-order valence-corrected chi connectivity index (χ3v) is 3.78. The van der Waals surface area contributed by atoms with Crippen molar-refractivity contribution in [2.75, 3.05) is 26.2 Å². The topological polar surface area (TPSA) is 70.5 Å². The first-order chi connectivity index (χ1) is 10.8. The van der Waals surface area contributed by atoms with Crippen LogP contribution < -0.4 is 5.32 Å². The molecule has 0 aliphatic carbocycles. The predicted octanol–water partition coefficient (Wildman–Crippen LogP) is 1.63. The normalized spacial score (nSPS) is 19.2. The van der Waals surface area contributed by atoms with Crippen molar-refractivity contribution in [1.82, 2.24) is 15.2 Å². The van der Waals surface area contributed by atoms with Gasteiger partial charge in [0, 0.05) is 25.8 Å². The van der Waals surface area contributed by atoms with Gasteiger partial charge in [-0.25, -0.2) is 0 Å². The van der Waals surface area contributed by atoms with Crippen LogP contribution >= 0.6 is 0 Å². The summed E-state index contributed by atoms with van der Waals surface area (Å²) >= 11 is 0. The average Bonchev–Trinajstić information content (AvgIpc) is 3.21. The lowest BCUT2D eigenvalue weighted by Crippen LogP contribution is -2.43. The minimum Gasteiger partial charge on any atom is -0.468 e. The fraction of sp³-hybridized carbons (Fsp3) is 0.438. The van der Waals surface area contributed by atoms with Crippen molar-refractivity contribution in [3.8, 4) is 0 Å². The number of aromatic nitrogens is 1. The van der Waals surface area contributed by atoms with Crippen molar-refractivity contribution in [1.29, 1.82) is 0 Å². The summed E-state index contributed by atoms with van der Waals surface area (Å²) < 4.78 is 11.2. The van der Waals surface area contributed by atoms with Crippen LogP contribution in [0.5, 0.6) is 0 Å². The SMILES string of the molecule is O=C(NCCC1CN(Cc2ccco2)CCO1)c1ccc[nH]1. The Hall–Kier alpha value is -2.05. The molecule has 0 bridgehead atoms. The summed E-state index contributed by atoms with van der Waals surface area (Å²) in [6.07, 6.45) is 4.39. The maximum absolute atomic E-state index is 11.8. The highest BCUT2D eigenvalue weighted by molar-refractivity contribution is 5.92. The first kappa shape index (κ1) is 14.9. The zero-order valence-corrected chi connectivity index (χ0v) is 12.5. The summed E-state index contributed by atoms with van der Waals surface area (Å²) in [4.78, 5) is 17.0. The number of nitrogens with zero attached hydrogens (tertiary/aromatic N) is 1. The molecule has 22 heavy (non-hydrogen) atoms. The van der Waals surface area contributed by atoms with Gasteiger partial charge in [-0.1, -0.05) is 0 Å². The second-order valence-electron chi connectivity index (χ2n) is 5.44. The molecule has 1 unspecified atom stereocenters. The number of nitrogens with one attached hydrogen (secondary N) is 2. The average molecular weight is 303 g/mol. The first-order valence-electron chi connectivity index (χ1n) is 7.59. The Morgan fingerprint density at radius 3 is 3.14 bits per heavy atom. The lowest BCUT2D eigenvalue weighted by atomic mass is 10.2. The summed E-state index contributed by atoms with van der Waals surface area (Å²) in [5.41, 5.74) is 0.587. The van der Waals surface area contributed by atoms with Crippen LogP contribution in [0.3, 0.4) is 0 Å². The molecule has 0 aromatic carbocycles. The number of ether oxygens (including phenoxy) is 1. The van der Waals surface area contributed by atoms with Gasteiger partial charge in [0.15, 0.2) is 0 Å². The maximum Gasteiger partial charge on any atom is 0.267 e. The third-order valence-electron chi connectivity index (χ3n) is 3.78. The van der Waals surface area contributed by atoms with Gasteiger partial charge in [0.05, 0.1) is 25.5 Å². The maximum atomic E-state index is 11.8. The standard InChI is InChI=1S/C16H21N3O3/c20-16(15-4-1-6-17-15)18-7-5-14-12-19(8-10-22-14)11-13-3-2-9-21-13/h1-4,6,9,14,17H,5,7-8,10-12H2,(H,18,20). The van der Waals surface area contributed by atoms with Crippen LogP contribution in [0, 0.1) is 0 Å². The molecule has 3 heterocycles. The van der Waals surface area contributed by atoms with E-state index in [1.165, 1.54) is 0 Å². The summed E-state index contributed by atoms with van der Waals surface area (Å²) in [7, 11) is 0. The molecule has 118 valence electrons. The van der Waals surface area contributed by atoms with E-state index in [0.29, 0.717) is 12.2 Å². The van der Waals surface area contributed by atoms with Crippen LogP contribution in [-0.4, -0.2) is 48.1 Å². The molecule has 1 saturated heterocycles. The zero-order chi connectivity index (χ0) is 15.2. The number of hydrogen-bond donors (Lipinski definition) is 2. The van der Waals surface area contributed by atoms with E-state index in [9.17, 15) is 4.79 Å². The molecule has 3 rings (SSSR count). The highest BCUT2D eigenvalue weighted by atomic mass is 16.5. The number of amides is 1. The number of furan rings is 1. The van der Waals surface area contributed by atoms with Crippen molar-refractivity contribution in [3.05, 3.63) is 48.2 Å². The summed E-state index contributed by atoms with van der Waals surface area (Å²) in [5.74, 6) is 0.897. The predicted molar refractivity (Wildman–Crippen MR) is 81.5 cm³/mol. The quantitative estimate of drug-likeness (QED) is 0.851. The fourth-order valence-electron chi connectivity index (χ4n) is 2.64. The molecule has 1 fully saturated rings. The molecule has 1 aliphatic rings. The second-order valence-corrected chi connectivity index (χ2v) is 5.44. The van der Waals surface area contributed by atoms with E-state index in [0.717, 1.165) is 38.4 Å². The third kappa shape index (κ3) is 3.99. The largest absolute Gasteiger partial charge is 0.468 e. The lowest BCUT2D eigenvalue weighted by molar-refractivity contribution is -0.0359. The Kier molecular flexibility index (Phi) is 4.92. The van der Waals surface area contributed by atoms with E-state index in [4.69, 9.17) is 9.15 Å². The highest BCUT2D eigenvalue weighted by Gasteiger charge is 2.21. The Bertz CT molecular complexity index is 565. The van der Waals surface area contributed by atoms with E-state index < -0.39 is 0 Å². The number of H-pyrrole nitrogens is 1. The fourth-order valence-corrected chi connectivity index (χ4v) is 2.64. The van der Waals surface area contributed by atoms with E-state index in [1.54, 1.807) is 18.5 Å². The van der Waals surface area contributed by atoms with Crippen LogP contribution in [-0.2, 0) is 11.3 Å². The van der Waals surface area contributed by atoms with Crippen LogP contribution in [0.15, 0.2) is 41.1 Å². The van der Waals surface area contributed by atoms with Crippen molar-refractivity contribution >= 4 is 5.91 Å². The number of carbonyl (C=O) groups is 1. The number of morpholine rings is 1. The van der Waals surface area contributed by atoms with E-state index in [1.807, 2.05) is 18.2 Å². The number of carbonyl (C=O) groups excluding carboxylic acids is 1. The number of rotatable bonds is 6. The molecule has 1 aliphatic heterocycles. The Labute approximate surface area is 129 Å². The van der Waals surface area contributed by atoms with E-state index in [-0.39, 0.29) is 12.0 Å². The number of hydrogen-bond acceptors (Lipinski definition) is 4. The Morgan fingerprint density at radius 1 is 1.41 bits per heavy atom. The summed E-state index contributed by atoms with van der Waals surface area (Å²) in [5, 5.41) is 2.91. The molecule has 2 aromatic rings. The van der Waals surface area contributed by atoms with Gasteiger partial charge in [0.2, 0.25) is 0 Å². The molecular weight excluding hydrogens is 282 g/mol. The molecule has 6 heteroatoms. The van der Waals surface area contributed by atoms with Crippen LogP contribution in [0.25, 0.3) is 0 Å². The highest BCUT2D eigenvalue weighted by Crippen LogP contribution is 2.12. The molecule has 6 nitrogen and oxygen atoms in total. The first-order valence-corrected chi connectivity index (χ1v) is 7.59. The van der Waals surface area contributed by atoms with E-state index in [2.05, 4.69) is 15.2 Å². The van der Waals surface area contributed by atoms with Gasteiger partial charge >= 0.3 is 0 Å². The lowest BCUT2D eigenvalue weighted by Gasteiger charge is -2.32. The Morgan fingerprint density at radius 2 is 2.36 bits per heavy atom. The summed E-state index contributed by atoms with van der Waals surface area (Å²) in [6, 6.07) is 7.47. The Balaban J connectivity index is 1.40. The van der Waals surface area contributed by atoms with Gasteiger partial charge in [-0.05, 0) is 30.7 Å². The minimum atomic E-state index is -0.0757. The molecule has 1 amide bonds. The van der Waals surface area contributed by atoms with Gasteiger partial charge in [-0.2, -0.15) is 0 Å².